The maximum absolute atomic E-state index is 15.4. The van der Waals surface area contributed by atoms with Gasteiger partial charge in [0.15, 0.2) is 7.14 Å². The van der Waals surface area contributed by atoms with E-state index in [0.717, 1.165) is 75.5 Å². The van der Waals surface area contributed by atoms with Crippen molar-refractivity contribution >= 4 is 34.1 Å². The Labute approximate surface area is 376 Å². The number of hydrogen-bond acceptors (Lipinski definition) is 3. The second kappa shape index (κ2) is 17.3. The molecule has 310 valence electrons. The summed E-state index contributed by atoms with van der Waals surface area (Å²) in [6.45, 7) is 0. The molecule has 0 spiro atoms. The van der Waals surface area contributed by atoms with Crippen LogP contribution in [-0.2, 0) is 4.57 Å². The van der Waals surface area contributed by atoms with Crippen molar-refractivity contribution in [1.82, 2.24) is 9.97 Å². The number of aromatic nitrogens is 2. The summed E-state index contributed by atoms with van der Waals surface area (Å²) in [5.41, 5.74) is 11.0. The van der Waals surface area contributed by atoms with Crippen molar-refractivity contribution in [1.29, 1.82) is 0 Å². The molecule has 6 aromatic carbocycles. The van der Waals surface area contributed by atoms with Gasteiger partial charge in [0.25, 0.3) is 0 Å². The van der Waals surface area contributed by atoms with Crippen LogP contribution in [0.25, 0.3) is 50.0 Å². The Morgan fingerprint density at radius 2 is 1.20 bits per heavy atom. The van der Waals surface area contributed by atoms with Gasteiger partial charge in [0.1, 0.15) is 5.82 Å². The molecule has 0 saturated carbocycles. The Bertz CT molecular complexity index is 3150. The first-order chi connectivity index (χ1) is 31.5. The molecule has 4 aliphatic carbocycles. The molecule has 4 unspecified atom stereocenters. The van der Waals surface area contributed by atoms with Gasteiger partial charge in [0.2, 0.25) is 0 Å². The van der Waals surface area contributed by atoms with Crippen molar-refractivity contribution in [2.45, 2.75) is 38.0 Å². The Morgan fingerprint density at radius 1 is 0.547 bits per heavy atom. The summed E-state index contributed by atoms with van der Waals surface area (Å²) in [6.07, 6.45) is 27.9. The lowest BCUT2D eigenvalue weighted by molar-refractivity contribution is 0.489. The monoisotopic (exact) mass is 844 g/mol. The summed E-state index contributed by atoms with van der Waals surface area (Å²) in [5.74, 6) is 1.68. The van der Waals surface area contributed by atoms with Crippen LogP contribution >= 0.6 is 7.14 Å². The van der Waals surface area contributed by atoms with Crippen molar-refractivity contribution in [2.75, 3.05) is 0 Å². The number of fused-ring (bicyclic) bond motifs is 2. The molecule has 3 nitrogen and oxygen atoms in total. The minimum atomic E-state index is -3.06. The molecule has 0 N–H and O–H groups in total. The van der Waals surface area contributed by atoms with E-state index < -0.39 is 7.14 Å². The van der Waals surface area contributed by atoms with Crippen LogP contribution in [-0.4, -0.2) is 9.97 Å². The van der Waals surface area contributed by atoms with E-state index in [0.29, 0.717) is 11.8 Å². The third-order valence-corrected chi connectivity index (χ3v) is 16.7. The lowest BCUT2D eigenvalue weighted by atomic mass is 9.76. The van der Waals surface area contributed by atoms with Gasteiger partial charge < -0.3 is 4.57 Å². The van der Waals surface area contributed by atoms with Gasteiger partial charge in [-0.2, -0.15) is 0 Å². The predicted molar refractivity (Wildman–Crippen MR) is 268 cm³/mol. The highest BCUT2D eigenvalue weighted by atomic mass is 31.2. The summed E-state index contributed by atoms with van der Waals surface area (Å²) >= 11 is 0. The SMILES string of the molecule is O=P(C1=CC=CCC1)(c1ccccc1)c1ccc(-c2cc(-c3ccc(-c4ccccc4)cc3)nc(C3C=C(c4ccc5ccccc5c4)C=C(C4=CC5C=CCCC5C=C4)C3)n2)cc1. The molecule has 4 heteroatoms. The smallest absolute Gasteiger partial charge is 0.167 e. The van der Waals surface area contributed by atoms with E-state index in [-0.39, 0.29) is 5.92 Å². The Kier molecular flexibility index (Phi) is 10.8. The van der Waals surface area contributed by atoms with E-state index in [1.54, 1.807) is 0 Å². The minimum Gasteiger partial charge on any atom is -0.309 e. The topological polar surface area (TPSA) is 42.9 Å². The summed E-state index contributed by atoms with van der Waals surface area (Å²) in [6, 6.07) is 55.1. The quantitative estimate of drug-likeness (QED) is 0.107. The van der Waals surface area contributed by atoms with E-state index in [1.165, 1.54) is 45.0 Å². The second-order valence-electron chi connectivity index (χ2n) is 17.4. The lowest BCUT2D eigenvalue weighted by Gasteiger charge is -2.29. The van der Waals surface area contributed by atoms with Crippen molar-refractivity contribution in [3.05, 3.63) is 246 Å². The zero-order valence-electron chi connectivity index (χ0n) is 35.8. The van der Waals surface area contributed by atoms with E-state index in [4.69, 9.17) is 9.97 Å². The second-order valence-corrected chi connectivity index (χ2v) is 20.3. The van der Waals surface area contributed by atoms with Gasteiger partial charge in [-0.1, -0.05) is 206 Å². The van der Waals surface area contributed by atoms with Crippen LogP contribution in [0, 0.1) is 11.8 Å². The Balaban J connectivity index is 1.03. The van der Waals surface area contributed by atoms with E-state index in [2.05, 4.69) is 188 Å². The maximum atomic E-state index is 15.4. The number of benzene rings is 6. The zero-order chi connectivity index (χ0) is 42.9. The molecule has 1 heterocycles. The molecule has 7 aromatic rings. The molecule has 4 aliphatic rings. The van der Waals surface area contributed by atoms with Crippen molar-refractivity contribution in [2.24, 2.45) is 11.8 Å². The molecule has 0 bridgehead atoms. The fourth-order valence-corrected chi connectivity index (χ4v) is 12.8. The number of rotatable bonds is 9. The van der Waals surface area contributed by atoms with Crippen molar-refractivity contribution in [3.63, 3.8) is 0 Å². The highest BCUT2D eigenvalue weighted by molar-refractivity contribution is 7.82. The molecule has 1 aromatic heterocycles. The number of hydrogen-bond donors (Lipinski definition) is 0. The van der Waals surface area contributed by atoms with E-state index in [1.807, 2.05) is 30.3 Å². The van der Waals surface area contributed by atoms with Gasteiger partial charge in [-0.15, -0.1) is 0 Å². The first-order valence-corrected chi connectivity index (χ1v) is 24.4. The predicted octanol–water partition coefficient (Wildman–Crippen LogP) is 14.8. The molecule has 4 atom stereocenters. The van der Waals surface area contributed by atoms with Crippen LogP contribution in [0.4, 0.5) is 0 Å². The normalized spacial score (nSPS) is 20.1. The number of allylic oxidation sites excluding steroid dienone is 14. The number of nitrogens with zero attached hydrogens (tertiary/aromatic N) is 2. The highest BCUT2D eigenvalue weighted by Crippen LogP contribution is 2.54. The van der Waals surface area contributed by atoms with Gasteiger partial charge in [-0.05, 0) is 99.7 Å². The summed E-state index contributed by atoms with van der Waals surface area (Å²) in [5, 5.41) is 5.15. The van der Waals surface area contributed by atoms with E-state index >= 15 is 4.57 Å². The molecule has 64 heavy (non-hydrogen) atoms. The molecule has 11 rings (SSSR count). The summed E-state index contributed by atoms with van der Waals surface area (Å²) < 4.78 is 15.4. The van der Waals surface area contributed by atoms with Gasteiger partial charge in [-0.3, -0.25) is 0 Å². The van der Waals surface area contributed by atoms with Gasteiger partial charge in [0, 0.05) is 33.6 Å². The van der Waals surface area contributed by atoms with Crippen LogP contribution in [0.5, 0.6) is 0 Å². The first kappa shape index (κ1) is 39.9. The molecule has 0 saturated heterocycles. The summed E-state index contributed by atoms with van der Waals surface area (Å²) in [4.78, 5) is 10.9. The van der Waals surface area contributed by atoms with Gasteiger partial charge in [0.05, 0.1) is 11.4 Å². The molecule has 0 amide bonds. The lowest BCUT2D eigenvalue weighted by Crippen LogP contribution is -2.18. The van der Waals surface area contributed by atoms with E-state index in [9.17, 15) is 0 Å². The average molecular weight is 845 g/mol. The summed E-state index contributed by atoms with van der Waals surface area (Å²) in [7, 11) is -3.06. The van der Waals surface area contributed by atoms with Crippen LogP contribution in [0.2, 0.25) is 0 Å². The van der Waals surface area contributed by atoms with Crippen LogP contribution in [0.3, 0.4) is 0 Å². The van der Waals surface area contributed by atoms with Gasteiger partial charge in [-0.25, -0.2) is 9.97 Å². The first-order valence-electron chi connectivity index (χ1n) is 22.7. The zero-order valence-corrected chi connectivity index (χ0v) is 36.7. The Morgan fingerprint density at radius 3 is 1.95 bits per heavy atom. The minimum absolute atomic E-state index is 0.0819. The maximum Gasteiger partial charge on any atom is 0.167 e. The molecule has 0 radical (unpaired) electrons. The van der Waals surface area contributed by atoms with Gasteiger partial charge >= 0.3 is 0 Å². The molecule has 0 aliphatic heterocycles. The van der Waals surface area contributed by atoms with Crippen LogP contribution in [0.15, 0.2) is 235 Å². The molecule has 0 fully saturated rings. The molecular formula is C60H49N2OP. The molecular weight excluding hydrogens is 796 g/mol. The fraction of sp³-hybridized carbons (Fsp3) is 0.133. The third-order valence-electron chi connectivity index (χ3n) is 13.4. The third kappa shape index (κ3) is 7.87. The average Bonchev–Trinajstić information content (AvgIpc) is 3.38. The fourth-order valence-electron chi connectivity index (χ4n) is 9.91. The standard InChI is InChI=1S/C60H49N2OP/c63-64(55-20-6-2-7-21-55,56-22-8-3-9-23-56)57-34-32-47(33-35-57)59-41-58(46-28-24-45(25-29-46)42-14-4-1-5-15-42)61-60(62-59)54-39-52(50-30-26-43-16-10-12-18-48(43)36-50)38-53(40-54)51-31-27-44-17-11-13-19-49(44)37-51/h1-8,10,12-16,18-22,24-39,41,44,49,54H,9,11,17,23,40H2. The highest BCUT2D eigenvalue weighted by Gasteiger charge is 2.32. The van der Waals surface area contributed by atoms with Crippen molar-refractivity contribution < 1.29 is 4.57 Å². The van der Waals surface area contributed by atoms with Crippen LogP contribution in [0.1, 0.15) is 49.4 Å². The van der Waals surface area contributed by atoms with Crippen molar-refractivity contribution in [3.8, 4) is 33.6 Å². The Hall–Kier alpha value is -6.93. The van der Waals surface area contributed by atoms with Crippen LogP contribution < -0.4 is 10.6 Å². The largest absolute Gasteiger partial charge is 0.309 e.